The molecule has 0 unspecified atom stereocenters. The van der Waals surface area contributed by atoms with Crippen LogP contribution >= 0.6 is 0 Å². The predicted molar refractivity (Wildman–Crippen MR) is 129 cm³/mol. The third kappa shape index (κ3) is 5.13. The average Bonchev–Trinajstić information content (AvgIpc) is 2.96. The van der Waals surface area contributed by atoms with Gasteiger partial charge in [-0.1, -0.05) is 17.7 Å². The molecule has 1 heterocycles. The average molecular weight is 570 g/mol. The molecular weight excluding hydrogens is 549 g/mol. The van der Waals surface area contributed by atoms with Gasteiger partial charge in [0.2, 0.25) is 0 Å². The minimum absolute atomic E-state index is 0.145. The lowest BCUT2D eigenvalue weighted by Gasteiger charge is -2.33. The number of aliphatic hydroxyl groups is 2. The summed E-state index contributed by atoms with van der Waals surface area (Å²) in [6.45, 7) is -0.413. The number of carbonyl (C=O) groups excluding carboxylic acids is 2. The highest BCUT2D eigenvalue weighted by Gasteiger charge is 2.56. The number of hydrogen-bond donors (Lipinski definition) is 3. The summed E-state index contributed by atoms with van der Waals surface area (Å²) in [6.07, 6.45) is -6.05. The molecule has 3 aromatic carbocycles. The van der Waals surface area contributed by atoms with E-state index in [0.29, 0.717) is 29.8 Å². The highest BCUT2D eigenvalue weighted by Crippen LogP contribution is 2.47. The van der Waals surface area contributed by atoms with Gasteiger partial charge < -0.3 is 20.4 Å². The van der Waals surface area contributed by atoms with Crippen molar-refractivity contribution in [1.82, 2.24) is 0 Å². The second-order valence-electron chi connectivity index (χ2n) is 9.29. The summed E-state index contributed by atoms with van der Waals surface area (Å²) < 4.78 is 98.1. The fourth-order valence-corrected chi connectivity index (χ4v) is 4.45. The number of hydrogen-bond acceptors (Lipinski definition) is 4. The van der Waals surface area contributed by atoms with Crippen molar-refractivity contribution in [3.8, 4) is 0 Å². The minimum atomic E-state index is -5.00. The number of nitrogens with one attached hydrogen (secondary N) is 1. The zero-order valence-electron chi connectivity index (χ0n) is 20.6. The molecule has 0 saturated heterocycles. The highest BCUT2D eigenvalue weighted by molar-refractivity contribution is 6.08. The van der Waals surface area contributed by atoms with Gasteiger partial charge in [0.05, 0.1) is 29.1 Å². The van der Waals surface area contributed by atoms with E-state index in [9.17, 15) is 50.5 Å². The Morgan fingerprint density at radius 2 is 1.73 bits per heavy atom. The summed E-state index contributed by atoms with van der Waals surface area (Å²) in [7, 11) is 0. The van der Waals surface area contributed by atoms with Crippen LogP contribution in [-0.2, 0) is 11.8 Å². The van der Waals surface area contributed by atoms with Gasteiger partial charge in [-0.2, -0.15) is 13.2 Å². The lowest BCUT2D eigenvalue weighted by atomic mass is 9.85. The van der Waals surface area contributed by atoms with Crippen molar-refractivity contribution in [2.24, 2.45) is 0 Å². The van der Waals surface area contributed by atoms with Crippen molar-refractivity contribution in [1.29, 1.82) is 0 Å². The number of amides is 2. The van der Waals surface area contributed by atoms with Gasteiger partial charge in [-0.25, -0.2) is 17.6 Å². The van der Waals surface area contributed by atoms with E-state index in [1.165, 1.54) is 18.2 Å². The molecule has 1 aliphatic rings. The first-order valence-electron chi connectivity index (χ1n) is 11.7. The molecule has 3 N–H and O–H groups in total. The van der Waals surface area contributed by atoms with Crippen molar-refractivity contribution in [3.05, 3.63) is 94.0 Å². The van der Waals surface area contributed by atoms with Crippen molar-refractivity contribution < 1.29 is 50.5 Å². The molecule has 0 saturated carbocycles. The topological polar surface area (TPSA) is 89.9 Å². The molecule has 1 aliphatic heterocycles. The van der Waals surface area contributed by atoms with Gasteiger partial charge in [-0.15, -0.1) is 0 Å². The van der Waals surface area contributed by atoms with E-state index in [1.807, 2.05) is 5.32 Å². The van der Waals surface area contributed by atoms with Crippen molar-refractivity contribution in [2.45, 2.75) is 31.0 Å². The van der Waals surface area contributed by atoms with Crippen LogP contribution in [0.4, 0.5) is 42.1 Å². The second-order valence-corrected chi connectivity index (χ2v) is 9.29. The maximum atomic E-state index is 14.9. The number of anilines is 2. The highest BCUT2D eigenvalue weighted by atomic mass is 19.4. The minimum Gasteiger partial charge on any atom is -0.393 e. The number of carbonyl (C=O) groups is 2. The van der Waals surface area contributed by atoms with Gasteiger partial charge >= 0.3 is 6.18 Å². The third-order valence-electron chi connectivity index (χ3n) is 6.61. The van der Waals surface area contributed by atoms with Gasteiger partial charge in [-0.05, 0) is 49.4 Å². The summed E-state index contributed by atoms with van der Waals surface area (Å²) in [5.41, 5.74) is -6.66. The van der Waals surface area contributed by atoms with Gasteiger partial charge in [0.15, 0.2) is 5.60 Å². The lowest BCUT2D eigenvalue weighted by Crippen LogP contribution is -2.48. The number of alkyl halides is 5. The Labute approximate surface area is 222 Å². The molecule has 6 nitrogen and oxygen atoms in total. The van der Waals surface area contributed by atoms with Gasteiger partial charge in [-0.3, -0.25) is 9.59 Å². The number of aliphatic hydroxyl groups excluding tert-OH is 1. The Bertz CT molecular complexity index is 1490. The van der Waals surface area contributed by atoms with E-state index in [2.05, 4.69) is 0 Å². The maximum Gasteiger partial charge on any atom is 0.417 e. The Kier molecular flexibility index (Phi) is 7.41. The Morgan fingerprint density at radius 3 is 2.35 bits per heavy atom. The quantitative estimate of drug-likeness (QED) is 0.366. The number of aryl methyl sites for hydroxylation is 1. The molecule has 13 heteroatoms. The first-order chi connectivity index (χ1) is 18.6. The third-order valence-corrected chi connectivity index (χ3v) is 6.61. The predicted octanol–water partition coefficient (Wildman–Crippen LogP) is 5.41. The van der Waals surface area contributed by atoms with Crippen LogP contribution < -0.4 is 10.2 Å². The van der Waals surface area contributed by atoms with Gasteiger partial charge in [0.25, 0.3) is 17.7 Å². The maximum absolute atomic E-state index is 14.9. The van der Waals surface area contributed by atoms with E-state index in [0.717, 1.165) is 17.0 Å². The standard InChI is InChI=1S/C27H21F7N2O4/c1-14-2-7-22-19(10-14)25(40,13-37)26(30,31)8-9-36(22)24(39)15-3-6-21(20(29)11-15)35-23(38)17-12-16(28)4-5-18(17)27(32,33)34/h2-7,10-12,37,40H,8-9,13H2,1H3,(H,35,38)/t25-/m0/s1. The molecule has 0 radical (unpaired) electrons. The summed E-state index contributed by atoms with van der Waals surface area (Å²) in [5, 5.41) is 22.3. The zero-order valence-corrected chi connectivity index (χ0v) is 20.6. The van der Waals surface area contributed by atoms with E-state index < -0.39 is 83.1 Å². The van der Waals surface area contributed by atoms with Crippen molar-refractivity contribution >= 4 is 23.2 Å². The summed E-state index contributed by atoms with van der Waals surface area (Å²) >= 11 is 0. The molecule has 3 aromatic rings. The van der Waals surface area contributed by atoms with Crippen LogP contribution in [0.15, 0.2) is 54.6 Å². The van der Waals surface area contributed by atoms with Crippen LogP contribution in [0.2, 0.25) is 0 Å². The molecule has 0 aliphatic carbocycles. The van der Waals surface area contributed by atoms with Crippen LogP contribution in [0.5, 0.6) is 0 Å². The number of rotatable bonds is 4. The second kappa shape index (κ2) is 10.2. The monoisotopic (exact) mass is 570 g/mol. The van der Waals surface area contributed by atoms with Crippen LogP contribution in [-0.4, -0.2) is 41.1 Å². The van der Waals surface area contributed by atoms with Crippen LogP contribution in [0.1, 0.15) is 43.8 Å². The largest absolute Gasteiger partial charge is 0.417 e. The lowest BCUT2D eigenvalue weighted by molar-refractivity contribution is -0.205. The summed E-state index contributed by atoms with van der Waals surface area (Å²) in [4.78, 5) is 26.7. The van der Waals surface area contributed by atoms with E-state index in [1.54, 1.807) is 6.92 Å². The SMILES string of the molecule is Cc1ccc2c(c1)[C@@](O)(CO)C(F)(F)CCN2C(=O)c1ccc(NC(=O)c2cc(F)ccc2C(F)(F)F)c(F)c1. The van der Waals surface area contributed by atoms with Crippen LogP contribution in [0, 0.1) is 18.6 Å². The number of fused-ring (bicyclic) bond motifs is 1. The normalized spacial score (nSPS) is 18.6. The molecule has 212 valence electrons. The molecule has 0 bridgehead atoms. The Balaban J connectivity index is 1.66. The van der Waals surface area contributed by atoms with Crippen LogP contribution in [0.25, 0.3) is 0 Å². The van der Waals surface area contributed by atoms with Crippen LogP contribution in [0.3, 0.4) is 0 Å². The summed E-state index contributed by atoms with van der Waals surface area (Å²) in [6, 6.07) is 7.73. The first kappa shape index (κ1) is 29.0. The number of nitrogens with zero attached hydrogens (tertiary/aromatic N) is 1. The van der Waals surface area contributed by atoms with E-state index in [-0.39, 0.29) is 11.3 Å². The fraction of sp³-hybridized carbons (Fsp3) is 0.259. The first-order valence-corrected chi connectivity index (χ1v) is 11.7. The molecule has 2 amide bonds. The van der Waals surface area contributed by atoms with E-state index >= 15 is 0 Å². The molecule has 4 rings (SSSR count). The van der Waals surface area contributed by atoms with Gasteiger partial charge in [0, 0.05) is 24.1 Å². The zero-order chi connectivity index (χ0) is 29.6. The molecule has 1 atom stereocenters. The molecule has 0 spiro atoms. The van der Waals surface area contributed by atoms with Crippen molar-refractivity contribution in [3.63, 3.8) is 0 Å². The van der Waals surface area contributed by atoms with E-state index in [4.69, 9.17) is 0 Å². The molecule has 0 fully saturated rings. The Hall–Kier alpha value is -3.97. The Morgan fingerprint density at radius 1 is 1.02 bits per heavy atom. The van der Waals surface area contributed by atoms with Gasteiger partial charge in [0.1, 0.15) is 11.6 Å². The fourth-order valence-electron chi connectivity index (χ4n) is 4.45. The summed E-state index contributed by atoms with van der Waals surface area (Å²) in [5.74, 6) is -8.66. The molecular formula is C27H21F7N2O4. The van der Waals surface area contributed by atoms with Crippen molar-refractivity contribution in [2.75, 3.05) is 23.4 Å². The number of benzene rings is 3. The molecule has 40 heavy (non-hydrogen) atoms. The number of halogens is 7. The molecule has 0 aromatic heterocycles. The smallest absolute Gasteiger partial charge is 0.393 e.